The standard InChI is InChI=1S/C12H24N2O/c1-11-3-5-14(6-4-11)7-8-15-12(2)9-13-10-12/h11,13H,3-10H2,1-2H3. The first kappa shape index (κ1) is 11.4. The number of nitrogens with zero attached hydrogens (tertiary/aromatic N) is 1. The number of piperidine rings is 1. The highest BCUT2D eigenvalue weighted by Crippen LogP contribution is 2.17. The van der Waals surface area contributed by atoms with E-state index in [1.807, 2.05) is 0 Å². The van der Waals surface area contributed by atoms with E-state index < -0.39 is 0 Å². The quantitative estimate of drug-likeness (QED) is 0.755. The number of hydrogen-bond acceptors (Lipinski definition) is 3. The van der Waals surface area contributed by atoms with Crippen LogP contribution in [0.25, 0.3) is 0 Å². The predicted octanol–water partition coefficient (Wildman–Crippen LogP) is 1.10. The Morgan fingerprint density at radius 1 is 1.33 bits per heavy atom. The van der Waals surface area contributed by atoms with Crippen LogP contribution < -0.4 is 5.32 Å². The maximum Gasteiger partial charge on any atom is 0.0902 e. The summed E-state index contributed by atoms with van der Waals surface area (Å²) in [5.41, 5.74) is 0.128. The molecule has 2 aliphatic heterocycles. The molecule has 88 valence electrons. The molecule has 1 N–H and O–H groups in total. The zero-order chi connectivity index (χ0) is 10.7. The van der Waals surface area contributed by atoms with Crippen molar-refractivity contribution in [2.45, 2.75) is 32.3 Å². The minimum Gasteiger partial charge on any atom is -0.371 e. The second kappa shape index (κ2) is 4.81. The van der Waals surface area contributed by atoms with Gasteiger partial charge in [-0.25, -0.2) is 0 Å². The van der Waals surface area contributed by atoms with Crippen LogP contribution in [0.15, 0.2) is 0 Å². The molecule has 0 spiro atoms. The molecule has 0 bridgehead atoms. The Morgan fingerprint density at radius 2 is 2.00 bits per heavy atom. The van der Waals surface area contributed by atoms with Crippen LogP contribution >= 0.6 is 0 Å². The van der Waals surface area contributed by atoms with Gasteiger partial charge >= 0.3 is 0 Å². The van der Waals surface area contributed by atoms with Gasteiger partial charge in [-0.15, -0.1) is 0 Å². The molecule has 3 heteroatoms. The summed E-state index contributed by atoms with van der Waals surface area (Å²) < 4.78 is 5.89. The molecular weight excluding hydrogens is 188 g/mol. The summed E-state index contributed by atoms with van der Waals surface area (Å²) in [6.45, 7) is 11.1. The van der Waals surface area contributed by atoms with Crippen LogP contribution in [0.2, 0.25) is 0 Å². The fourth-order valence-electron chi connectivity index (χ4n) is 2.29. The molecule has 0 aliphatic carbocycles. The molecule has 0 aromatic heterocycles. The molecule has 2 heterocycles. The third-order valence-electron chi connectivity index (χ3n) is 3.73. The Hall–Kier alpha value is -0.120. The van der Waals surface area contributed by atoms with Crippen LogP contribution in [0.5, 0.6) is 0 Å². The van der Waals surface area contributed by atoms with Gasteiger partial charge in [0, 0.05) is 19.6 Å². The second-order valence-electron chi connectivity index (χ2n) is 5.43. The number of nitrogens with one attached hydrogen (secondary N) is 1. The van der Waals surface area contributed by atoms with Crippen molar-refractivity contribution >= 4 is 0 Å². The zero-order valence-electron chi connectivity index (χ0n) is 10.1. The van der Waals surface area contributed by atoms with Crippen molar-refractivity contribution in [1.82, 2.24) is 10.2 Å². The van der Waals surface area contributed by atoms with E-state index in [0.29, 0.717) is 0 Å². The Morgan fingerprint density at radius 3 is 2.53 bits per heavy atom. The molecule has 0 atom stereocenters. The molecule has 2 aliphatic rings. The van der Waals surface area contributed by atoms with Gasteiger partial charge in [-0.2, -0.15) is 0 Å². The first-order chi connectivity index (χ1) is 7.18. The summed E-state index contributed by atoms with van der Waals surface area (Å²) in [5, 5.41) is 3.26. The lowest BCUT2D eigenvalue weighted by atomic mass is 9.99. The van der Waals surface area contributed by atoms with Gasteiger partial charge in [0.2, 0.25) is 0 Å². The van der Waals surface area contributed by atoms with E-state index in [1.165, 1.54) is 25.9 Å². The minimum absolute atomic E-state index is 0.128. The van der Waals surface area contributed by atoms with Gasteiger partial charge in [-0.3, -0.25) is 0 Å². The Bertz CT molecular complexity index is 196. The van der Waals surface area contributed by atoms with Crippen LogP contribution in [0.4, 0.5) is 0 Å². The summed E-state index contributed by atoms with van der Waals surface area (Å²) in [6, 6.07) is 0. The lowest BCUT2D eigenvalue weighted by Gasteiger charge is -2.40. The average Bonchev–Trinajstić information content (AvgIpc) is 2.19. The van der Waals surface area contributed by atoms with Crippen molar-refractivity contribution < 1.29 is 4.74 Å². The fourth-order valence-corrected chi connectivity index (χ4v) is 2.29. The molecule has 0 aromatic rings. The second-order valence-corrected chi connectivity index (χ2v) is 5.43. The smallest absolute Gasteiger partial charge is 0.0902 e. The average molecular weight is 212 g/mol. The topological polar surface area (TPSA) is 24.5 Å². The summed E-state index contributed by atoms with van der Waals surface area (Å²) >= 11 is 0. The van der Waals surface area contributed by atoms with Crippen LogP contribution in [-0.2, 0) is 4.74 Å². The maximum absolute atomic E-state index is 5.89. The molecule has 0 amide bonds. The number of rotatable bonds is 4. The molecule has 0 saturated carbocycles. The van der Waals surface area contributed by atoms with Crippen molar-refractivity contribution in [3.63, 3.8) is 0 Å². The SMILES string of the molecule is CC1CCN(CCOC2(C)CNC2)CC1. The lowest BCUT2D eigenvalue weighted by molar-refractivity contribution is -0.0734. The van der Waals surface area contributed by atoms with Crippen molar-refractivity contribution in [2.75, 3.05) is 39.3 Å². The van der Waals surface area contributed by atoms with E-state index in [1.54, 1.807) is 0 Å². The third kappa shape index (κ3) is 3.16. The predicted molar refractivity (Wildman–Crippen MR) is 62.1 cm³/mol. The molecule has 15 heavy (non-hydrogen) atoms. The van der Waals surface area contributed by atoms with Crippen LogP contribution in [0.3, 0.4) is 0 Å². The first-order valence-corrected chi connectivity index (χ1v) is 6.25. The number of likely N-dealkylation sites (tertiary alicyclic amines) is 1. The van der Waals surface area contributed by atoms with E-state index in [4.69, 9.17) is 4.74 Å². The zero-order valence-corrected chi connectivity index (χ0v) is 10.1. The summed E-state index contributed by atoms with van der Waals surface area (Å²) in [7, 11) is 0. The van der Waals surface area contributed by atoms with E-state index in [-0.39, 0.29) is 5.60 Å². The Labute approximate surface area is 93.2 Å². The molecule has 2 fully saturated rings. The summed E-state index contributed by atoms with van der Waals surface area (Å²) in [5.74, 6) is 0.926. The van der Waals surface area contributed by atoms with Gasteiger partial charge in [0.15, 0.2) is 0 Å². The first-order valence-electron chi connectivity index (χ1n) is 6.25. The third-order valence-corrected chi connectivity index (χ3v) is 3.73. The van der Waals surface area contributed by atoms with Gasteiger partial charge < -0.3 is 15.0 Å². The summed E-state index contributed by atoms with van der Waals surface area (Å²) in [6.07, 6.45) is 2.72. The maximum atomic E-state index is 5.89. The van der Waals surface area contributed by atoms with Crippen molar-refractivity contribution in [3.8, 4) is 0 Å². The van der Waals surface area contributed by atoms with Crippen molar-refractivity contribution in [1.29, 1.82) is 0 Å². The lowest BCUT2D eigenvalue weighted by Crippen LogP contribution is -2.59. The van der Waals surface area contributed by atoms with Gasteiger partial charge in [-0.1, -0.05) is 6.92 Å². The van der Waals surface area contributed by atoms with Gasteiger partial charge in [0.1, 0.15) is 0 Å². The van der Waals surface area contributed by atoms with Crippen LogP contribution in [0.1, 0.15) is 26.7 Å². The van der Waals surface area contributed by atoms with E-state index >= 15 is 0 Å². The molecule has 2 saturated heterocycles. The number of ether oxygens (including phenoxy) is 1. The largest absolute Gasteiger partial charge is 0.371 e. The molecule has 0 aromatic carbocycles. The van der Waals surface area contributed by atoms with Gasteiger partial charge in [-0.05, 0) is 38.8 Å². The van der Waals surface area contributed by atoms with Crippen LogP contribution in [0, 0.1) is 5.92 Å². The molecule has 2 rings (SSSR count). The Kier molecular flexibility index (Phi) is 3.65. The van der Waals surface area contributed by atoms with Crippen molar-refractivity contribution in [2.24, 2.45) is 5.92 Å². The molecule has 3 nitrogen and oxygen atoms in total. The highest BCUT2D eigenvalue weighted by Gasteiger charge is 2.32. The molecular formula is C12H24N2O. The minimum atomic E-state index is 0.128. The highest BCUT2D eigenvalue weighted by atomic mass is 16.5. The molecule has 0 unspecified atom stereocenters. The van der Waals surface area contributed by atoms with Gasteiger partial charge in [0.25, 0.3) is 0 Å². The van der Waals surface area contributed by atoms with E-state index in [9.17, 15) is 0 Å². The fraction of sp³-hybridized carbons (Fsp3) is 1.00. The van der Waals surface area contributed by atoms with E-state index in [0.717, 1.165) is 32.2 Å². The number of hydrogen-bond donors (Lipinski definition) is 1. The molecule has 0 radical (unpaired) electrons. The van der Waals surface area contributed by atoms with Crippen LogP contribution in [-0.4, -0.2) is 49.8 Å². The summed E-state index contributed by atoms with van der Waals surface area (Å²) in [4.78, 5) is 2.54. The normalized spacial score (nSPS) is 27.6. The monoisotopic (exact) mass is 212 g/mol. The van der Waals surface area contributed by atoms with Gasteiger partial charge in [0.05, 0.1) is 12.2 Å². The van der Waals surface area contributed by atoms with Crippen molar-refractivity contribution in [3.05, 3.63) is 0 Å². The van der Waals surface area contributed by atoms with E-state index in [2.05, 4.69) is 24.1 Å². The highest BCUT2D eigenvalue weighted by molar-refractivity contribution is 4.90. The Balaban J connectivity index is 1.57.